The molecule has 1 aliphatic heterocycles. The molecule has 0 N–H and O–H groups in total. The van der Waals surface area contributed by atoms with Gasteiger partial charge in [-0.05, 0) is 30.3 Å². The molecule has 146 valence electrons. The van der Waals surface area contributed by atoms with E-state index < -0.39 is 6.10 Å². The third kappa shape index (κ3) is 3.81. The molecule has 0 saturated heterocycles. The third-order valence-corrected chi connectivity index (χ3v) is 5.03. The van der Waals surface area contributed by atoms with Crippen molar-refractivity contribution in [3.8, 4) is 23.0 Å². The van der Waals surface area contributed by atoms with Crippen molar-refractivity contribution in [3.05, 3.63) is 72.2 Å². The summed E-state index contributed by atoms with van der Waals surface area (Å²) < 4.78 is 36.0. The highest BCUT2D eigenvalue weighted by molar-refractivity contribution is 7.98. The van der Waals surface area contributed by atoms with Crippen LogP contribution >= 0.6 is 11.8 Å². The second-order valence-electron chi connectivity index (χ2n) is 6.21. The molecule has 2 aromatic heterocycles. The van der Waals surface area contributed by atoms with Gasteiger partial charge in [0.25, 0.3) is 11.1 Å². The largest absolute Gasteiger partial charge is 0.485 e. The van der Waals surface area contributed by atoms with Gasteiger partial charge in [0.1, 0.15) is 18.7 Å². The molecule has 3 heterocycles. The van der Waals surface area contributed by atoms with E-state index in [9.17, 15) is 4.39 Å². The van der Waals surface area contributed by atoms with Crippen molar-refractivity contribution in [2.75, 3.05) is 6.61 Å². The smallest absolute Gasteiger partial charge is 0.277 e. The van der Waals surface area contributed by atoms with Crippen molar-refractivity contribution in [2.45, 2.75) is 17.1 Å². The molecule has 5 rings (SSSR count). The topological polar surface area (TPSA) is 83.4 Å². The first-order chi connectivity index (χ1) is 14.2. The Balaban J connectivity index is 1.23. The van der Waals surface area contributed by atoms with Gasteiger partial charge in [0, 0.05) is 11.3 Å². The third-order valence-electron chi connectivity index (χ3n) is 4.17. The lowest BCUT2D eigenvalue weighted by Crippen LogP contribution is -2.21. The predicted molar refractivity (Wildman–Crippen MR) is 101 cm³/mol. The number of halogens is 1. The van der Waals surface area contributed by atoms with E-state index >= 15 is 0 Å². The summed E-state index contributed by atoms with van der Waals surface area (Å²) >= 11 is 1.32. The lowest BCUT2D eigenvalue weighted by atomic mass is 10.2. The van der Waals surface area contributed by atoms with Crippen LogP contribution in [0.15, 0.2) is 68.9 Å². The minimum atomic E-state index is -0.460. The number of rotatable bonds is 5. The maximum Gasteiger partial charge on any atom is 0.277 e. The molecular weight excluding hydrogens is 397 g/mol. The lowest BCUT2D eigenvalue weighted by Gasteiger charge is -2.23. The molecule has 2 aromatic carbocycles. The highest BCUT2D eigenvalue weighted by atomic mass is 32.2. The molecular formula is C20H14FN3O4S. The number of hydrogen-bond donors (Lipinski definition) is 0. The van der Waals surface area contributed by atoms with Crippen molar-refractivity contribution >= 4 is 11.8 Å². The van der Waals surface area contributed by atoms with Crippen LogP contribution in [0.3, 0.4) is 0 Å². The Kier molecular flexibility index (Phi) is 4.65. The zero-order valence-electron chi connectivity index (χ0n) is 14.9. The first-order valence-corrected chi connectivity index (χ1v) is 9.78. The maximum atomic E-state index is 13.3. The van der Waals surface area contributed by atoms with E-state index in [1.807, 2.05) is 24.3 Å². The molecule has 0 saturated carbocycles. The number of ether oxygens (including phenoxy) is 2. The van der Waals surface area contributed by atoms with Crippen LogP contribution in [0.4, 0.5) is 4.39 Å². The first-order valence-electron chi connectivity index (χ1n) is 8.79. The molecule has 0 amide bonds. The summed E-state index contributed by atoms with van der Waals surface area (Å²) in [6, 6.07) is 13.5. The zero-order valence-corrected chi connectivity index (χ0v) is 15.8. The summed E-state index contributed by atoms with van der Waals surface area (Å²) in [7, 11) is 0. The summed E-state index contributed by atoms with van der Waals surface area (Å²) in [5.41, 5.74) is 1.26. The summed E-state index contributed by atoms with van der Waals surface area (Å²) in [5.74, 6) is 2.17. The van der Waals surface area contributed by atoms with Gasteiger partial charge in [0.05, 0.1) is 5.69 Å². The Hall–Kier alpha value is -3.33. The minimum absolute atomic E-state index is 0.295. The van der Waals surface area contributed by atoms with Gasteiger partial charge in [0.2, 0.25) is 12.0 Å². The second-order valence-corrected chi connectivity index (χ2v) is 7.14. The Morgan fingerprint density at radius 3 is 2.86 bits per heavy atom. The number of aromatic nitrogens is 3. The highest BCUT2D eigenvalue weighted by Gasteiger charge is 2.27. The molecule has 7 nitrogen and oxygen atoms in total. The van der Waals surface area contributed by atoms with Gasteiger partial charge >= 0.3 is 0 Å². The van der Waals surface area contributed by atoms with E-state index in [0.717, 1.165) is 0 Å². The van der Waals surface area contributed by atoms with Gasteiger partial charge < -0.3 is 18.3 Å². The van der Waals surface area contributed by atoms with Gasteiger partial charge in [-0.25, -0.2) is 9.37 Å². The molecule has 9 heteroatoms. The summed E-state index contributed by atoms with van der Waals surface area (Å²) in [6.07, 6.45) is 1.07. The van der Waals surface area contributed by atoms with Crippen molar-refractivity contribution < 1.29 is 22.7 Å². The summed E-state index contributed by atoms with van der Waals surface area (Å²) in [6.45, 7) is 0.295. The van der Waals surface area contributed by atoms with E-state index in [0.29, 0.717) is 52.1 Å². The average Bonchev–Trinajstić information content (AvgIpc) is 3.42. The number of benzene rings is 2. The monoisotopic (exact) mass is 411 g/mol. The Labute approximate surface area is 168 Å². The molecule has 0 radical (unpaired) electrons. The number of para-hydroxylation sites is 2. The van der Waals surface area contributed by atoms with Crippen molar-refractivity contribution in [2.24, 2.45) is 0 Å². The van der Waals surface area contributed by atoms with E-state index in [-0.39, 0.29) is 5.82 Å². The molecule has 0 spiro atoms. The predicted octanol–water partition coefficient (Wildman–Crippen LogP) is 4.67. The summed E-state index contributed by atoms with van der Waals surface area (Å²) in [5, 5.41) is 8.49. The zero-order chi connectivity index (χ0) is 19.6. The van der Waals surface area contributed by atoms with Gasteiger partial charge in [-0.3, -0.25) is 0 Å². The highest BCUT2D eigenvalue weighted by Crippen LogP contribution is 2.36. The molecule has 0 bridgehead atoms. The van der Waals surface area contributed by atoms with Crippen LogP contribution in [0.2, 0.25) is 0 Å². The Bertz CT molecular complexity index is 1150. The molecule has 1 unspecified atom stereocenters. The number of hydrogen-bond acceptors (Lipinski definition) is 8. The SMILES string of the molecule is Fc1cccc(-c2nc(CSc3nnc(C4COc5ccccc5O4)o3)co2)c1. The van der Waals surface area contributed by atoms with Crippen LogP contribution < -0.4 is 9.47 Å². The standard InChI is InChI=1S/C20H14FN3O4S/c21-13-5-3-4-12(8-13)18-22-14(9-26-18)11-29-20-24-23-19(28-20)17-10-25-15-6-1-2-7-16(15)27-17/h1-9,17H,10-11H2. The maximum absolute atomic E-state index is 13.3. The number of nitrogens with zero attached hydrogens (tertiary/aromatic N) is 3. The van der Waals surface area contributed by atoms with Gasteiger partial charge in [-0.15, -0.1) is 10.2 Å². The number of thioether (sulfide) groups is 1. The molecule has 29 heavy (non-hydrogen) atoms. The normalized spacial score (nSPS) is 15.4. The van der Waals surface area contributed by atoms with Crippen LogP contribution in [0.25, 0.3) is 11.5 Å². The summed E-state index contributed by atoms with van der Waals surface area (Å²) in [4.78, 5) is 4.37. The van der Waals surface area contributed by atoms with E-state index in [1.165, 1.54) is 30.2 Å². The van der Waals surface area contributed by atoms with Crippen LogP contribution in [0.5, 0.6) is 11.5 Å². The van der Waals surface area contributed by atoms with Gasteiger partial charge in [-0.1, -0.05) is 30.0 Å². The molecule has 0 fully saturated rings. The molecule has 4 aromatic rings. The fourth-order valence-electron chi connectivity index (χ4n) is 2.81. The van der Waals surface area contributed by atoms with Gasteiger partial charge in [0.15, 0.2) is 11.5 Å². The van der Waals surface area contributed by atoms with Crippen LogP contribution in [-0.4, -0.2) is 21.8 Å². The molecule has 1 aliphatic rings. The van der Waals surface area contributed by atoms with E-state index in [2.05, 4.69) is 15.2 Å². The van der Waals surface area contributed by atoms with Crippen molar-refractivity contribution in [1.29, 1.82) is 0 Å². The van der Waals surface area contributed by atoms with Crippen LogP contribution in [-0.2, 0) is 5.75 Å². The van der Waals surface area contributed by atoms with E-state index in [1.54, 1.807) is 12.1 Å². The van der Waals surface area contributed by atoms with Crippen LogP contribution in [0.1, 0.15) is 17.7 Å². The average molecular weight is 411 g/mol. The molecule has 0 aliphatic carbocycles. The van der Waals surface area contributed by atoms with Crippen molar-refractivity contribution in [1.82, 2.24) is 15.2 Å². The minimum Gasteiger partial charge on any atom is -0.485 e. The quantitative estimate of drug-likeness (QED) is 0.438. The van der Waals surface area contributed by atoms with E-state index in [4.69, 9.17) is 18.3 Å². The number of oxazole rings is 1. The van der Waals surface area contributed by atoms with Gasteiger partial charge in [-0.2, -0.15) is 0 Å². The fourth-order valence-corrected chi connectivity index (χ4v) is 3.46. The Morgan fingerprint density at radius 2 is 1.97 bits per heavy atom. The van der Waals surface area contributed by atoms with Crippen molar-refractivity contribution in [3.63, 3.8) is 0 Å². The number of fused-ring (bicyclic) bond motifs is 1. The Morgan fingerprint density at radius 1 is 1.07 bits per heavy atom. The first kappa shape index (κ1) is 17.7. The molecule has 1 atom stereocenters. The lowest BCUT2D eigenvalue weighted by molar-refractivity contribution is 0.0686. The second kappa shape index (κ2) is 7.59. The van der Waals surface area contributed by atoms with Crippen LogP contribution in [0, 0.1) is 5.82 Å². The fraction of sp³-hybridized carbons (Fsp3) is 0.150.